The fraction of sp³-hybridized carbons (Fsp3) is 0.714. The van der Waals surface area contributed by atoms with E-state index >= 15 is 0 Å². The van der Waals surface area contributed by atoms with Crippen LogP contribution < -0.4 is 4.90 Å². The van der Waals surface area contributed by atoms with Crippen LogP contribution in [0, 0.1) is 0 Å². The van der Waals surface area contributed by atoms with Gasteiger partial charge in [0.15, 0.2) is 0 Å². The Morgan fingerprint density at radius 2 is 2.21 bits per heavy atom. The largest absolute Gasteiger partial charge is 0.374 e. The van der Waals surface area contributed by atoms with E-state index in [0.29, 0.717) is 18.1 Å². The molecule has 4 nitrogen and oxygen atoms in total. The molecule has 19 heavy (non-hydrogen) atoms. The van der Waals surface area contributed by atoms with Crippen LogP contribution in [-0.2, 0) is 4.74 Å². The van der Waals surface area contributed by atoms with E-state index in [-0.39, 0.29) is 0 Å². The van der Waals surface area contributed by atoms with E-state index in [4.69, 9.17) is 9.72 Å². The van der Waals surface area contributed by atoms with Gasteiger partial charge in [0.1, 0.15) is 16.2 Å². The van der Waals surface area contributed by atoms with Gasteiger partial charge in [-0.3, -0.25) is 0 Å². The maximum atomic E-state index is 5.86. The van der Waals surface area contributed by atoms with E-state index in [9.17, 15) is 0 Å². The molecule has 3 rings (SSSR count). The van der Waals surface area contributed by atoms with Crippen molar-refractivity contribution in [2.24, 2.45) is 0 Å². The molecule has 0 aromatic carbocycles. The lowest BCUT2D eigenvalue weighted by molar-refractivity contribution is 0.0253. The molecule has 2 atom stereocenters. The van der Waals surface area contributed by atoms with Gasteiger partial charge in [0.05, 0.1) is 18.8 Å². The van der Waals surface area contributed by atoms with E-state index in [1.165, 1.54) is 19.3 Å². The van der Waals surface area contributed by atoms with Crippen LogP contribution >= 0.6 is 15.9 Å². The maximum absolute atomic E-state index is 5.86. The van der Waals surface area contributed by atoms with Crippen molar-refractivity contribution in [1.82, 2.24) is 9.97 Å². The quantitative estimate of drug-likeness (QED) is 0.783. The maximum Gasteiger partial charge on any atom is 0.134 e. The molecule has 1 aliphatic carbocycles. The van der Waals surface area contributed by atoms with Crippen molar-refractivity contribution in [3.63, 3.8) is 0 Å². The zero-order valence-corrected chi connectivity index (χ0v) is 13.1. The van der Waals surface area contributed by atoms with Gasteiger partial charge in [-0.1, -0.05) is 13.8 Å². The van der Waals surface area contributed by atoms with E-state index < -0.39 is 0 Å². The summed E-state index contributed by atoms with van der Waals surface area (Å²) in [5.41, 5.74) is 0. The molecule has 0 spiro atoms. The first-order valence-corrected chi connectivity index (χ1v) is 7.87. The summed E-state index contributed by atoms with van der Waals surface area (Å²) in [6, 6.07) is 2.53. The second kappa shape index (κ2) is 5.37. The third kappa shape index (κ3) is 2.63. The highest BCUT2D eigenvalue weighted by Gasteiger charge is 2.36. The van der Waals surface area contributed by atoms with Crippen LogP contribution in [0.2, 0.25) is 0 Å². The number of morpholine rings is 1. The zero-order valence-electron chi connectivity index (χ0n) is 11.5. The lowest BCUT2D eigenvalue weighted by Crippen LogP contribution is -2.49. The van der Waals surface area contributed by atoms with Gasteiger partial charge in [-0.25, -0.2) is 9.97 Å². The zero-order chi connectivity index (χ0) is 13.4. The summed E-state index contributed by atoms with van der Waals surface area (Å²) in [6.45, 7) is 5.99. The van der Waals surface area contributed by atoms with Crippen molar-refractivity contribution < 1.29 is 4.74 Å². The van der Waals surface area contributed by atoms with Crippen molar-refractivity contribution in [2.75, 3.05) is 18.1 Å². The third-order valence-electron chi connectivity index (χ3n) is 3.99. The molecule has 0 amide bonds. The van der Waals surface area contributed by atoms with E-state index in [2.05, 4.69) is 39.7 Å². The number of hydrogen-bond acceptors (Lipinski definition) is 4. The molecule has 0 bridgehead atoms. The van der Waals surface area contributed by atoms with Crippen molar-refractivity contribution in [3.05, 3.63) is 16.5 Å². The minimum atomic E-state index is 0.344. The summed E-state index contributed by atoms with van der Waals surface area (Å²) in [4.78, 5) is 11.6. The molecule has 1 saturated heterocycles. The highest BCUT2D eigenvalue weighted by atomic mass is 79.9. The Labute approximate surface area is 122 Å². The molecule has 2 unspecified atom stereocenters. The van der Waals surface area contributed by atoms with E-state index in [0.717, 1.165) is 29.4 Å². The molecule has 104 valence electrons. The predicted octanol–water partition coefficient (Wildman–Crippen LogP) is 3.12. The van der Waals surface area contributed by atoms with Gasteiger partial charge >= 0.3 is 0 Å². The van der Waals surface area contributed by atoms with Gasteiger partial charge in [0.2, 0.25) is 0 Å². The standard InChI is InChI=1S/C14H20BrN3O/c1-9(2)14-16-12(15)8-13(17-14)18-6-7-19-11-5-3-4-10(11)18/h8-11H,3-7H2,1-2H3. The Morgan fingerprint density at radius 1 is 1.37 bits per heavy atom. The Kier molecular flexibility index (Phi) is 3.76. The van der Waals surface area contributed by atoms with Gasteiger partial charge < -0.3 is 9.64 Å². The predicted molar refractivity (Wildman–Crippen MR) is 78.5 cm³/mol. The molecule has 1 aliphatic heterocycles. The Bertz CT molecular complexity index is 466. The Morgan fingerprint density at radius 3 is 3.00 bits per heavy atom. The smallest absolute Gasteiger partial charge is 0.134 e. The molecule has 1 aromatic rings. The summed E-state index contributed by atoms with van der Waals surface area (Å²) in [5, 5.41) is 0. The van der Waals surface area contributed by atoms with E-state index in [1.807, 2.05) is 6.07 Å². The fourth-order valence-corrected chi connectivity index (χ4v) is 3.42. The molecular weight excluding hydrogens is 306 g/mol. The molecule has 2 heterocycles. The van der Waals surface area contributed by atoms with Crippen molar-refractivity contribution in [2.45, 2.75) is 51.2 Å². The Hall–Kier alpha value is -0.680. The number of hydrogen-bond donors (Lipinski definition) is 0. The first kappa shape index (κ1) is 13.3. The molecular formula is C14H20BrN3O. The van der Waals surface area contributed by atoms with Crippen LogP contribution in [-0.4, -0.2) is 35.3 Å². The molecule has 0 radical (unpaired) electrons. The average Bonchev–Trinajstić information content (AvgIpc) is 2.85. The monoisotopic (exact) mass is 325 g/mol. The number of fused-ring (bicyclic) bond motifs is 1. The van der Waals surface area contributed by atoms with Crippen LogP contribution in [0.1, 0.15) is 44.9 Å². The highest BCUT2D eigenvalue weighted by Crippen LogP contribution is 2.33. The number of halogens is 1. The second-order valence-corrected chi connectivity index (χ2v) is 6.48. The van der Waals surface area contributed by atoms with Crippen molar-refractivity contribution in [3.8, 4) is 0 Å². The molecule has 1 saturated carbocycles. The molecule has 2 aliphatic rings. The van der Waals surface area contributed by atoms with Crippen molar-refractivity contribution in [1.29, 1.82) is 0 Å². The van der Waals surface area contributed by atoms with Crippen LogP contribution in [0.5, 0.6) is 0 Å². The SMILES string of the molecule is CC(C)c1nc(Br)cc(N2CCOC3CCCC32)n1. The van der Waals surface area contributed by atoms with Gasteiger partial charge in [0, 0.05) is 18.5 Å². The number of anilines is 1. The van der Waals surface area contributed by atoms with Crippen LogP contribution in [0.15, 0.2) is 10.7 Å². The summed E-state index contributed by atoms with van der Waals surface area (Å²) in [6.07, 6.45) is 4.05. The summed E-state index contributed by atoms with van der Waals surface area (Å²) in [5.74, 6) is 2.30. The van der Waals surface area contributed by atoms with Crippen molar-refractivity contribution >= 4 is 21.7 Å². The summed E-state index contributed by atoms with van der Waals surface area (Å²) < 4.78 is 6.74. The van der Waals surface area contributed by atoms with Gasteiger partial charge in [-0.15, -0.1) is 0 Å². The number of aromatic nitrogens is 2. The fourth-order valence-electron chi connectivity index (χ4n) is 3.04. The number of nitrogens with zero attached hydrogens (tertiary/aromatic N) is 3. The molecule has 0 N–H and O–H groups in total. The summed E-state index contributed by atoms with van der Waals surface area (Å²) in [7, 11) is 0. The third-order valence-corrected chi connectivity index (χ3v) is 4.40. The lowest BCUT2D eigenvalue weighted by Gasteiger charge is -2.38. The van der Waals surface area contributed by atoms with Gasteiger partial charge in [-0.05, 0) is 35.2 Å². The molecule has 5 heteroatoms. The van der Waals surface area contributed by atoms with Crippen LogP contribution in [0.25, 0.3) is 0 Å². The minimum Gasteiger partial charge on any atom is -0.374 e. The lowest BCUT2D eigenvalue weighted by atomic mass is 10.1. The topological polar surface area (TPSA) is 38.2 Å². The normalized spacial score (nSPS) is 26.8. The van der Waals surface area contributed by atoms with Gasteiger partial charge in [-0.2, -0.15) is 0 Å². The number of rotatable bonds is 2. The highest BCUT2D eigenvalue weighted by molar-refractivity contribution is 9.10. The average molecular weight is 326 g/mol. The first-order chi connectivity index (χ1) is 9.15. The summed E-state index contributed by atoms with van der Waals surface area (Å²) >= 11 is 3.51. The molecule has 1 aromatic heterocycles. The van der Waals surface area contributed by atoms with Crippen LogP contribution in [0.3, 0.4) is 0 Å². The van der Waals surface area contributed by atoms with Gasteiger partial charge in [0.25, 0.3) is 0 Å². The van der Waals surface area contributed by atoms with Crippen LogP contribution in [0.4, 0.5) is 5.82 Å². The minimum absolute atomic E-state index is 0.344. The Balaban J connectivity index is 1.92. The number of ether oxygens (including phenoxy) is 1. The first-order valence-electron chi connectivity index (χ1n) is 7.08. The molecule has 2 fully saturated rings. The second-order valence-electron chi connectivity index (χ2n) is 5.66. The van der Waals surface area contributed by atoms with E-state index in [1.54, 1.807) is 0 Å².